The molecule has 1 aromatic rings. The van der Waals surface area contributed by atoms with Crippen LogP contribution in [0.2, 0.25) is 0 Å². The van der Waals surface area contributed by atoms with Gasteiger partial charge in [-0.25, -0.2) is 0 Å². The summed E-state index contributed by atoms with van der Waals surface area (Å²) in [5.41, 5.74) is 1.49. The molecule has 0 radical (unpaired) electrons. The van der Waals surface area contributed by atoms with E-state index in [2.05, 4.69) is 55.7 Å². The molecule has 0 saturated carbocycles. The first-order valence-electron chi connectivity index (χ1n) is 6.58. The summed E-state index contributed by atoms with van der Waals surface area (Å²) < 4.78 is 0. The highest BCUT2D eigenvalue weighted by Gasteiger charge is 2.12. The average molecular weight is 280 g/mol. The maximum absolute atomic E-state index is 11.6. The number of hydrogen-bond donors (Lipinski definition) is 2. The van der Waals surface area contributed by atoms with Gasteiger partial charge in [0.25, 0.3) is 0 Å². The molecule has 106 valence electrons. The van der Waals surface area contributed by atoms with Gasteiger partial charge in [-0.15, -0.1) is 11.8 Å². The monoisotopic (exact) mass is 280 g/mol. The zero-order chi connectivity index (χ0) is 14.3. The molecule has 0 bridgehead atoms. The zero-order valence-corrected chi connectivity index (χ0v) is 13.1. The maximum Gasteiger partial charge on any atom is 0.230 e. The molecule has 0 aromatic heterocycles. The molecule has 1 amide bonds. The van der Waals surface area contributed by atoms with E-state index in [1.807, 2.05) is 7.05 Å². The summed E-state index contributed by atoms with van der Waals surface area (Å²) in [4.78, 5) is 12.7. The molecule has 2 N–H and O–H groups in total. The molecule has 0 aliphatic rings. The Morgan fingerprint density at radius 3 is 2.32 bits per heavy atom. The second-order valence-corrected chi connectivity index (χ2v) is 6.57. The van der Waals surface area contributed by atoms with E-state index in [1.54, 1.807) is 11.8 Å². The quantitative estimate of drug-likeness (QED) is 0.621. The Morgan fingerprint density at radius 2 is 1.79 bits per heavy atom. The van der Waals surface area contributed by atoms with Gasteiger partial charge in [-0.1, -0.05) is 32.9 Å². The number of amides is 1. The normalized spacial score (nSPS) is 11.4. The molecule has 0 spiro atoms. The minimum absolute atomic E-state index is 0.0835. The molecular formula is C15H24N2OS. The molecule has 0 saturated heterocycles. The first-order valence-corrected chi connectivity index (χ1v) is 7.56. The molecule has 0 heterocycles. The van der Waals surface area contributed by atoms with Crippen LogP contribution in [0.5, 0.6) is 0 Å². The molecular weight excluding hydrogens is 256 g/mol. The average Bonchev–Trinajstić information content (AvgIpc) is 2.36. The summed E-state index contributed by atoms with van der Waals surface area (Å²) in [5, 5.41) is 5.86. The largest absolute Gasteiger partial charge is 0.354 e. The van der Waals surface area contributed by atoms with Crippen molar-refractivity contribution in [1.29, 1.82) is 0 Å². The van der Waals surface area contributed by atoms with Crippen molar-refractivity contribution < 1.29 is 4.79 Å². The number of nitrogens with one attached hydrogen (secondary N) is 2. The smallest absolute Gasteiger partial charge is 0.230 e. The maximum atomic E-state index is 11.6. The third-order valence-corrected chi connectivity index (χ3v) is 3.80. The van der Waals surface area contributed by atoms with Gasteiger partial charge < -0.3 is 10.6 Å². The molecule has 4 heteroatoms. The number of likely N-dealkylation sites (N-methyl/N-ethyl adjacent to an activating group) is 1. The fourth-order valence-corrected chi connectivity index (χ4v) is 2.31. The second-order valence-electron chi connectivity index (χ2n) is 5.52. The van der Waals surface area contributed by atoms with E-state index in [9.17, 15) is 4.79 Å². The number of rotatable bonds is 6. The van der Waals surface area contributed by atoms with Crippen molar-refractivity contribution in [3.63, 3.8) is 0 Å². The van der Waals surface area contributed by atoms with Gasteiger partial charge in [-0.2, -0.15) is 0 Å². The van der Waals surface area contributed by atoms with Crippen molar-refractivity contribution in [3.05, 3.63) is 29.8 Å². The molecule has 0 aliphatic heterocycles. The Labute approximate surface area is 120 Å². The lowest BCUT2D eigenvalue weighted by molar-refractivity contribution is -0.118. The molecule has 3 nitrogen and oxygen atoms in total. The van der Waals surface area contributed by atoms with E-state index in [-0.39, 0.29) is 11.3 Å². The lowest BCUT2D eigenvalue weighted by Gasteiger charge is -2.19. The van der Waals surface area contributed by atoms with Crippen molar-refractivity contribution >= 4 is 17.7 Å². The van der Waals surface area contributed by atoms with Crippen LogP contribution >= 0.6 is 11.8 Å². The van der Waals surface area contributed by atoms with Crippen molar-refractivity contribution in [1.82, 2.24) is 10.6 Å². The zero-order valence-electron chi connectivity index (χ0n) is 12.2. The Kier molecular flexibility index (Phi) is 6.38. The Hall–Kier alpha value is -1.00. The summed E-state index contributed by atoms with van der Waals surface area (Å²) in [6, 6.07) is 8.46. The highest BCUT2D eigenvalue weighted by molar-refractivity contribution is 8.00. The summed E-state index contributed by atoms with van der Waals surface area (Å²) in [6.45, 7) is 8.08. The predicted octanol–water partition coefficient (Wildman–Crippen LogP) is 2.41. The molecule has 1 rings (SSSR count). The van der Waals surface area contributed by atoms with E-state index in [0.29, 0.717) is 12.3 Å². The SMILES string of the molecule is CNCCNC(=O)CSc1ccc(C(C)(C)C)cc1. The number of benzene rings is 1. The summed E-state index contributed by atoms with van der Waals surface area (Å²) in [6.07, 6.45) is 0. The van der Waals surface area contributed by atoms with Gasteiger partial charge in [-0.05, 0) is 30.2 Å². The fraction of sp³-hybridized carbons (Fsp3) is 0.533. The van der Waals surface area contributed by atoms with Crippen LogP contribution in [0, 0.1) is 0 Å². The second kappa shape index (κ2) is 7.56. The summed E-state index contributed by atoms with van der Waals surface area (Å²) in [5.74, 6) is 0.554. The third-order valence-electron chi connectivity index (χ3n) is 2.79. The minimum atomic E-state index is 0.0835. The van der Waals surface area contributed by atoms with Crippen LogP contribution in [-0.2, 0) is 10.2 Å². The van der Waals surface area contributed by atoms with Crippen molar-refractivity contribution in [2.24, 2.45) is 0 Å². The van der Waals surface area contributed by atoms with Gasteiger partial charge in [-0.3, -0.25) is 4.79 Å². The molecule has 0 unspecified atom stereocenters. The van der Waals surface area contributed by atoms with Crippen molar-refractivity contribution in [2.45, 2.75) is 31.1 Å². The van der Waals surface area contributed by atoms with Crippen LogP contribution in [0.4, 0.5) is 0 Å². The van der Waals surface area contributed by atoms with Gasteiger partial charge in [0.05, 0.1) is 5.75 Å². The number of carbonyl (C=O) groups excluding carboxylic acids is 1. The van der Waals surface area contributed by atoms with Gasteiger partial charge in [0.2, 0.25) is 5.91 Å². The number of thioether (sulfide) groups is 1. The van der Waals surface area contributed by atoms with E-state index in [4.69, 9.17) is 0 Å². The standard InChI is InChI=1S/C15H24N2OS/c1-15(2,3)12-5-7-13(8-6-12)19-11-14(18)17-10-9-16-4/h5-8,16H,9-11H2,1-4H3,(H,17,18). The van der Waals surface area contributed by atoms with Crippen LogP contribution < -0.4 is 10.6 Å². The predicted molar refractivity (Wildman–Crippen MR) is 82.8 cm³/mol. The Morgan fingerprint density at radius 1 is 1.16 bits per heavy atom. The van der Waals surface area contributed by atoms with Crippen LogP contribution in [0.25, 0.3) is 0 Å². The fourth-order valence-electron chi connectivity index (χ4n) is 1.58. The highest BCUT2D eigenvalue weighted by Crippen LogP contribution is 2.25. The van der Waals surface area contributed by atoms with Gasteiger partial charge in [0, 0.05) is 18.0 Å². The van der Waals surface area contributed by atoms with Crippen LogP contribution in [-0.4, -0.2) is 31.8 Å². The summed E-state index contributed by atoms with van der Waals surface area (Å²) in [7, 11) is 1.87. The van der Waals surface area contributed by atoms with Crippen LogP contribution in [0.3, 0.4) is 0 Å². The first-order chi connectivity index (χ1) is 8.93. The minimum Gasteiger partial charge on any atom is -0.354 e. The molecule has 1 aromatic carbocycles. The van der Waals surface area contributed by atoms with Crippen LogP contribution in [0.1, 0.15) is 26.3 Å². The van der Waals surface area contributed by atoms with E-state index < -0.39 is 0 Å². The van der Waals surface area contributed by atoms with Crippen molar-refractivity contribution in [3.8, 4) is 0 Å². The first kappa shape index (κ1) is 16.1. The van der Waals surface area contributed by atoms with Gasteiger partial charge in [0.1, 0.15) is 0 Å². The van der Waals surface area contributed by atoms with Crippen molar-refractivity contribution in [2.75, 3.05) is 25.9 Å². The Balaban J connectivity index is 2.40. The van der Waals surface area contributed by atoms with E-state index in [0.717, 1.165) is 11.4 Å². The molecule has 0 aliphatic carbocycles. The Bertz CT molecular complexity index is 396. The highest BCUT2D eigenvalue weighted by atomic mass is 32.2. The molecule has 0 fully saturated rings. The van der Waals surface area contributed by atoms with Gasteiger partial charge >= 0.3 is 0 Å². The summed E-state index contributed by atoms with van der Waals surface area (Å²) >= 11 is 1.57. The lowest BCUT2D eigenvalue weighted by Crippen LogP contribution is -2.31. The number of carbonyl (C=O) groups is 1. The molecule has 0 atom stereocenters. The molecule has 19 heavy (non-hydrogen) atoms. The number of hydrogen-bond acceptors (Lipinski definition) is 3. The van der Waals surface area contributed by atoms with E-state index >= 15 is 0 Å². The topological polar surface area (TPSA) is 41.1 Å². The van der Waals surface area contributed by atoms with E-state index in [1.165, 1.54) is 5.56 Å². The lowest BCUT2D eigenvalue weighted by atomic mass is 9.87. The van der Waals surface area contributed by atoms with Crippen LogP contribution in [0.15, 0.2) is 29.2 Å². The van der Waals surface area contributed by atoms with Gasteiger partial charge in [0.15, 0.2) is 0 Å². The third kappa shape index (κ3) is 6.12.